The Morgan fingerprint density at radius 2 is 1.55 bits per heavy atom. The second kappa shape index (κ2) is 5.22. The average Bonchev–Trinajstić information content (AvgIpc) is 2.77. The first-order chi connectivity index (χ1) is 10.0. The van der Waals surface area contributed by atoms with Crippen molar-refractivity contribution >= 4 is 6.09 Å². The highest BCUT2D eigenvalue weighted by molar-refractivity contribution is 5.71. The number of carbonyl (C=O) groups excluding carboxylic acids is 1. The Morgan fingerprint density at radius 3 is 1.95 bits per heavy atom. The molecule has 22 heavy (non-hydrogen) atoms. The van der Waals surface area contributed by atoms with E-state index in [9.17, 15) is 31.1 Å². The van der Waals surface area contributed by atoms with E-state index in [1.54, 1.807) is 0 Å². The van der Waals surface area contributed by atoms with Crippen molar-refractivity contribution in [2.45, 2.75) is 24.5 Å². The molecule has 0 aromatic heterocycles. The summed E-state index contributed by atoms with van der Waals surface area (Å²) in [6, 6.07) is 0.140. The molecule has 0 radical (unpaired) electrons. The van der Waals surface area contributed by atoms with E-state index in [0.29, 0.717) is 12.1 Å². The van der Waals surface area contributed by atoms with E-state index < -0.39 is 47.3 Å². The summed E-state index contributed by atoms with van der Waals surface area (Å²) in [6.45, 7) is 3.36. The molecule has 2 rings (SSSR count). The van der Waals surface area contributed by atoms with Gasteiger partial charge in [0.05, 0.1) is 17.2 Å². The smallest absolute Gasteiger partial charge is 0.416 e. The maximum Gasteiger partial charge on any atom is 0.416 e. The number of hydrogen-bond donors (Lipinski definition) is 1. The summed E-state index contributed by atoms with van der Waals surface area (Å²) in [6.07, 6.45) is -11.0. The Morgan fingerprint density at radius 1 is 1.05 bits per heavy atom. The van der Waals surface area contributed by atoms with Crippen molar-refractivity contribution in [1.29, 1.82) is 0 Å². The number of nitrogens with one attached hydrogen (secondary N) is 1. The molecule has 1 aromatic rings. The van der Waals surface area contributed by atoms with Crippen molar-refractivity contribution in [3.05, 3.63) is 47.5 Å². The fraction of sp³-hybridized carbons (Fsp3) is 0.308. The van der Waals surface area contributed by atoms with E-state index in [1.165, 1.54) is 6.08 Å². The van der Waals surface area contributed by atoms with Crippen LogP contribution in [0.2, 0.25) is 0 Å². The number of halogens is 6. The summed E-state index contributed by atoms with van der Waals surface area (Å²) >= 11 is 0. The Kier molecular flexibility index (Phi) is 3.84. The third kappa shape index (κ3) is 3.18. The molecule has 0 spiro atoms. The maximum absolute atomic E-state index is 12.8. The van der Waals surface area contributed by atoms with E-state index in [2.05, 4.69) is 11.9 Å². The molecule has 9 heteroatoms. The highest BCUT2D eigenvalue weighted by Crippen LogP contribution is 2.39. The van der Waals surface area contributed by atoms with Gasteiger partial charge >= 0.3 is 18.4 Å². The largest absolute Gasteiger partial charge is 0.439 e. The summed E-state index contributed by atoms with van der Waals surface area (Å²) in [5.41, 5.74) is -3.35. The van der Waals surface area contributed by atoms with Crippen molar-refractivity contribution in [2.24, 2.45) is 0 Å². The van der Waals surface area contributed by atoms with Gasteiger partial charge in [-0.3, -0.25) is 0 Å². The molecule has 1 aliphatic heterocycles. The number of carbonyl (C=O) groups is 1. The number of amides is 1. The van der Waals surface area contributed by atoms with Crippen molar-refractivity contribution in [3.8, 4) is 0 Å². The number of alkyl carbamates (subject to hydrolysis) is 1. The number of rotatable bonds is 2. The van der Waals surface area contributed by atoms with Gasteiger partial charge in [0.15, 0.2) is 6.10 Å². The minimum absolute atomic E-state index is 0.0105. The summed E-state index contributed by atoms with van der Waals surface area (Å²) in [4.78, 5) is 11.1. The summed E-state index contributed by atoms with van der Waals surface area (Å²) in [5, 5.41) is 2.23. The van der Waals surface area contributed by atoms with E-state index >= 15 is 0 Å². The molecule has 0 saturated carbocycles. The quantitative estimate of drug-likeness (QED) is 0.658. The molecule has 1 aliphatic rings. The monoisotopic (exact) mass is 325 g/mol. The van der Waals surface area contributed by atoms with Gasteiger partial charge in [-0.15, -0.1) is 6.58 Å². The van der Waals surface area contributed by atoms with Gasteiger partial charge in [-0.05, 0) is 23.8 Å². The van der Waals surface area contributed by atoms with Crippen LogP contribution in [0.3, 0.4) is 0 Å². The number of cyclic esters (lactones) is 1. The molecule has 1 amide bonds. The third-order valence-electron chi connectivity index (χ3n) is 3.04. The summed E-state index contributed by atoms with van der Waals surface area (Å²) < 4.78 is 81.3. The molecule has 1 N–H and O–H groups in total. The highest BCUT2D eigenvalue weighted by atomic mass is 19.4. The van der Waals surface area contributed by atoms with Crippen molar-refractivity contribution in [3.63, 3.8) is 0 Å². The molecule has 120 valence electrons. The lowest BCUT2D eigenvalue weighted by atomic mass is 9.97. The number of hydrogen-bond acceptors (Lipinski definition) is 2. The van der Waals surface area contributed by atoms with Crippen molar-refractivity contribution in [2.75, 3.05) is 0 Å². The summed E-state index contributed by atoms with van der Waals surface area (Å²) in [5.74, 6) is 0. The molecular weight excluding hydrogens is 316 g/mol. The Labute approximate surface area is 120 Å². The van der Waals surface area contributed by atoms with Gasteiger partial charge in [0.2, 0.25) is 0 Å². The maximum atomic E-state index is 12.8. The highest BCUT2D eigenvalue weighted by Gasteiger charge is 2.40. The molecule has 3 nitrogen and oxygen atoms in total. The van der Waals surface area contributed by atoms with Crippen molar-refractivity contribution in [1.82, 2.24) is 5.32 Å². The predicted octanol–water partition coefficient (Wildman–Crippen LogP) is 4.06. The second-order valence-corrected chi connectivity index (χ2v) is 4.57. The molecule has 0 aliphatic carbocycles. The van der Waals surface area contributed by atoms with Crippen LogP contribution in [0.1, 0.15) is 22.8 Å². The predicted molar refractivity (Wildman–Crippen MR) is 62.8 cm³/mol. The van der Waals surface area contributed by atoms with Gasteiger partial charge in [0.25, 0.3) is 0 Å². The fourth-order valence-corrected chi connectivity index (χ4v) is 2.04. The topological polar surface area (TPSA) is 38.3 Å². The van der Waals surface area contributed by atoms with Crippen LogP contribution in [0.15, 0.2) is 30.9 Å². The van der Waals surface area contributed by atoms with Crippen LogP contribution in [-0.4, -0.2) is 12.1 Å². The molecule has 0 bridgehead atoms. The van der Waals surface area contributed by atoms with Gasteiger partial charge in [-0.25, -0.2) is 4.79 Å². The second-order valence-electron chi connectivity index (χ2n) is 4.57. The molecule has 2 atom stereocenters. The minimum atomic E-state index is -4.96. The molecule has 1 fully saturated rings. The average molecular weight is 325 g/mol. The minimum Gasteiger partial charge on any atom is -0.439 e. The molecule has 1 saturated heterocycles. The van der Waals surface area contributed by atoms with Crippen LogP contribution in [0.25, 0.3) is 0 Å². The van der Waals surface area contributed by atoms with E-state index in [-0.39, 0.29) is 6.07 Å². The number of alkyl halides is 6. The van der Waals surface area contributed by atoms with Crippen molar-refractivity contribution < 1.29 is 35.9 Å². The fourth-order valence-electron chi connectivity index (χ4n) is 2.04. The Balaban J connectivity index is 2.55. The molecular formula is C13H9F6NO2. The van der Waals surface area contributed by atoms with Crippen LogP contribution in [0.5, 0.6) is 0 Å². The molecule has 1 heterocycles. The first kappa shape index (κ1) is 16.2. The van der Waals surface area contributed by atoms with Crippen LogP contribution in [0.4, 0.5) is 31.1 Å². The van der Waals surface area contributed by atoms with Crippen LogP contribution >= 0.6 is 0 Å². The zero-order valence-electron chi connectivity index (χ0n) is 10.8. The summed E-state index contributed by atoms with van der Waals surface area (Å²) in [7, 11) is 0. The molecule has 1 unspecified atom stereocenters. The van der Waals surface area contributed by atoms with Gasteiger partial charge < -0.3 is 10.1 Å². The first-order valence-electron chi connectivity index (χ1n) is 5.91. The zero-order valence-corrected chi connectivity index (χ0v) is 10.8. The lowest BCUT2D eigenvalue weighted by Crippen LogP contribution is -2.25. The first-order valence-corrected chi connectivity index (χ1v) is 5.91. The van der Waals surface area contributed by atoms with Crippen LogP contribution < -0.4 is 5.32 Å². The van der Waals surface area contributed by atoms with E-state index in [4.69, 9.17) is 4.74 Å². The Hall–Kier alpha value is -2.19. The third-order valence-corrected chi connectivity index (χ3v) is 3.04. The van der Waals surface area contributed by atoms with Crippen LogP contribution in [0, 0.1) is 0 Å². The lowest BCUT2D eigenvalue weighted by Gasteiger charge is -2.18. The SMILES string of the molecule is C=C[C@@H]1NC(=O)OC1c1cc(C(F)(F)F)cc(C(F)(F)F)c1. The van der Waals surface area contributed by atoms with Gasteiger partial charge in [-0.1, -0.05) is 6.08 Å². The lowest BCUT2D eigenvalue weighted by molar-refractivity contribution is -0.143. The van der Waals surface area contributed by atoms with Gasteiger partial charge in [0.1, 0.15) is 0 Å². The van der Waals surface area contributed by atoms with Crippen LogP contribution in [-0.2, 0) is 17.1 Å². The van der Waals surface area contributed by atoms with E-state index in [1.807, 2.05) is 0 Å². The van der Waals surface area contributed by atoms with E-state index in [0.717, 1.165) is 0 Å². The number of benzene rings is 1. The van der Waals surface area contributed by atoms with Gasteiger partial charge in [-0.2, -0.15) is 26.3 Å². The van der Waals surface area contributed by atoms with Gasteiger partial charge in [0, 0.05) is 0 Å². The standard InChI is InChI=1S/C13H9F6NO2/c1-2-9-10(22-11(21)20-9)6-3-7(12(14,15)16)5-8(4-6)13(17,18)19/h2-5,9-10H,1H2,(H,20,21)/t9-,10?/m0/s1. The number of ether oxygens (including phenoxy) is 1. The normalized spacial score (nSPS) is 22.2. The molecule has 1 aromatic carbocycles. The Bertz CT molecular complexity index is 575. The zero-order chi connectivity index (χ0) is 16.7.